The molecule has 2 saturated heterocycles. The summed E-state index contributed by atoms with van der Waals surface area (Å²) in [6.07, 6.45) is 2.40. The third-order valence-corrected chi connectivity index (χ3v) is 5.29. The van der Waals surface area contributed by atoms with Crippen LogP contribution in [0.5, 0.6) is 0 Å². The Morgan fingerprint density at radius 1 is 1.17 bits per heavy atom. The van der Waals surface area contributed by atoms with Crippen LogP contribution in [0.1, 0.15) is 40.0 Å². The fraction of sp³-hybridized carbons (Fsp3) is 0.812. The molecule has 1 spiro atoms. The van der Waals surface area contributed by atoms with Gasteiger partial charge in [-0.3, -0.25) is 14.4 Å². The van der Waals surface area contributed by atoms with Crippen molar-refractivity contribution in [2.45, 2.75) is 45.6 Å². The van der Waals surface area contributed by atoms with Crippen LogP contribution in [0.25, 0.3) is 0 Å². The minimum Gasteiger partial charge on any atom is -0.394 e. The monoisotopic (exact) mass is 325 g/mol. The highest BCUT2D eigenvalue weighted by Crippen LogP contribution is 2.47. The predicted molar refractivity (Wildman–Crippen MR) is 84.4 cm³/mol. The fourth-order valence-corrected chi connectivity index (χ4v) is 4.00. The van der Waals surface area contributed by atoms with E-state index in [1.807, 2.05) is 6.92 Å². The number of amides is 3. The average molecular weight is 325 g/mol. The zero-order valence-electron chi connectivity index (χ0n) is 14.2. The third-order valence-electron chi connectivity index (χ3n) is 5.29. The molecule has 0 aromatic heterocycles. The second-order valence-electron chi connectivity index (χ2n) is 7.23. The van der Waals surface area contributed by atoms with E-state index in [4.69, 9.17) is 0 Å². The molecule has 2 aliphatic rings. The van der Waals surface area contributed by atoms with Gasteiger partial charge >= 0.3 is 0 Å². The summed E-state index contributed by atoms with van der Waals surface area (Å²) < 4.78 is 0. The fourth-order valence-electron chi connectivity index (χ4n) is 4.00. The van der Waals surface area contributed by atoms with E-state index in [0.717, 1.165) is 19.3 Å². The summed E-state index contributed by atoms with van der Waals surface area (Å²) in [5.41, 5.74) is -0.526. The Morgan fingerprint density at radius 2 is 1.78 bits per heavy atom. The Bertz CT molecular complexity index is 500. The lowest BCUT2D eigenvalue weighted by atomic mass is 9.74. The summed E-state index contributed by atoms with van der Waals surface area (Å²) in [7, 11) is 0. The first-order chi connectivity index (χ1) is 10.7. The minimum atomic E-state index is -0.506. The molecule has 0 radical (unpaired) electrons. The number of likely N-dealkylation sites (tertiary alicyclic amines) is 2. The van der Waals surface area contributed by atoms with Gasteiger partial charge in [-0.2, -0.15) is 0 Å². The first-order valence-electron chi connectivity index (χ1n) is 8.13. The molecule has 0 bridgehead atoms. The standard InChI is InChI=1S/C16H27N3O4/c1-12(21)17-8-14(23)18-6-4-16(5-7-18)9-15(3,11-20)19(10-16)13(2)22/h20H,4-11H2,1-3H3,(H,17,21)/t15-/m1/s1. The smallest absolute Gasteiger partial charge is 0.241 e. The lowest BCUT2D eigenvalue weighted by Crippen LogP contribution is -2.47. The van der Waals surface area contributed by atoms with Crippen molar-refractivity contribution < 1.29 is 19.5 Å². The van der Waals surface area contributed by atoms with Crippen molar-refractivity contribution >= 4 is 17.7 Å². The molecule has 2 fully saturated rings. The zero-order valence-corrected chi connectivity index (χ0v) is 14.2. The van der Waals surface area contributed by atoms with Gasteiger partial charge in [-0.15, -0.1) is 0 Å². The minimum absolute atomic E-state index is 0.0115. The van der Waals surface area contributed by atoms with Gasteiger partial charge in [0.1, 0.15) is 0 Å². The van der Waals surface area contributed by atoms with Crippen LogP contribution in [-0.2, 0) is 14.4 Å². The van der Waals surface area contributed by atoms with E-state index in [-0.39, 0.29) is 36.3 Å². The Balaban J connectivity index is 1.97. The summed E-state index contributed by atoms with van der Waals surface area (Å²) >= 11 is 0. The molecule has 23 heavy (non-hydrogen) atoms. The van der Waals surface area contributed by atoms with Crippen LogP contribution in [0.4, 0.5) is 0 Å². The van der Waals surface area contributed by atoms with E-state index in [2.05, 4.69) is 5.32 Å². The number of aliphatic hydroxyl groups is 1. The number of carbonyl (C=O) groups is 3. The molecule has 0 unspecified atom stereocenters. The molecule has 7 nitrogen and oxygen atoms in total. The molecule has 0 aromatic carbocycles. The molecule has 7 heteroatoms. The van der Waals surface area contributed by atoms with Gasteiger partial charge in [0.05, 0.1) is 18.7 Å². The first kappa shape index (κ1) is 17.7. The molecule has 2 N–H and O–H groups in total. The van der Waals surface area contributed by atoms with Crippen molar-refractivity contribution in [1.82, 2.24) is 15.1 Å². The van der Waals surface area contributed by atoms with Crippen LogP contribution in [-0.4, -0.2) is 71.0 Å². The summed E-state index contributed by atoms with van der Waals surface area (Å²) in [6, 6.07) is 0. The third kappa shape index (κ3) is 3.65. The Labute approximate surface area is 137 Å². The maximum Gasteiger partial charge on any atom is 0.241 e. The number of carbonyl (C=O) groups excluding carboxylic acids is 3. The topological polar surface area (TPSA) is 90.0 Å². The normalized spacial score (nSPS) is 26.4. The van der Waals surface area contributed by atoms with E-state index in [9.17, 15) is 19.5 Å². The molecule has 2 heterocycles. The lowest BCUT2D eigenvalue weighted by molar-refractivity contribution is -0.135. The van der Waals surface area contributed by atoms with Crippen LogP contribution in [0.3, 0.4) is 0 Å². The van der Waals surface area contributed by atoms with Gasteiger partial charge in [0, 0.05) is 33.5 Å². The first-order valence-corrected chi connectivity index (χ1v) is 8.13. The number of nitrogens with one attached hydrogen (secondary N) is 1. The van der Waals surface area contributed by atoms with E-state index in [1.165, 1.54) is 6.92 Å². The SMILES string of the molecule is CC(=O)NCC(=O)N1CCC2(CC1)CN(C(C)=O)[C@@](C)(CO)C2. The van der Waals surface area contributed by atoms with Crippen LogP contribution in [0, 0.1) is 5.41 Å². The average Bonchev–Trinajstić information content (AvgIpc) is 2.79. The highest BCUT2D eigenvalue weighted by atomic mass is 16.3. The molecule has 0 saturated carbocycles. The number of nitrogens with zero attached hydrogens (tertiary/aromatic N) is 2. The molecule has 1 atom stereocenters. The van der Waals surface area contributed by atoms with E-state index in [1.54, 1.807) is 16.7 Å². The van der Waals surface area contributed by atoms with Crippen molar-refractivity contribution in [3.8, 4) is 0 Å². The molecule has 130 valence electrons. The Morgan fingerprint density at radius 3 is 2.22 bits per heavy atom. The van der Waals surface area contributed by atoms with Gasteiger partial charge in [0.2, 0.25) is 17.7 Å². The molecule has 0 aromatic rings. The van der Waals surface area contributed by atoms with Gasteiger partial charge in [-0.1, -0.05) is 0 Å². The highest BCUT2D eigenvalue weighted by molar-refractivity contribution is 5.83. The largest absolute Gasteiger partial charge is 0.394 e. The van der Waals surface area contributed by atoms with Crippen molar-refractivity contribution in [2.75, 3.05) is 32.8 Å². The lowest BCUT2D eigenvalue weighted by Gasteiger charge is -2.39. The van der Waals surface area contributed by atoms with Crippen molar-refractivity contribution in [1.29, 1.82) is 0 Å². The van der Waals surface area contributed by atoms with Gasteiger partial charge < -0.3 is 20.2 Å². The molecule has 2 aliphatic heterocycles. The van der Waals surface area contributed by atoms with Crippen molar-refractivity contribution in [3.05, 3.63) is 0 Å². The van der Waals surface area contributed by atoms with Crippen LogP contribution in [0.15, 0.2) is 0 Å². The summed E-state index contributed by atoms with van der Waals surface area (Å²) in [5, 5.41) is 12.3. The summed E-state index contributed by atoms with van der Waals surface area (Å²) in [5.74, 6) is -0.289. The van der Waals surface area contributed by atoms with Gasteiger partial charge in [-0.05, 0) is 31.6 Å². The molecule has 2 rings (SSSR count). The summed E-state index contributed by atoms with van der Waals surface area (Å²) in [6.45, 7) is 6.76. The van der Waals surface area contributed by atoms with Crippen LogP contribution < -0.4 is 5.32 Å². The van der Waals surface area contributed by atoms with Gasteiger partial charge in [-0.25, -0.2) is 0 Å². The summed E-state index contributed by atoms with van der Waals surface area (Å²) in [4.78, 5) is 38.4. The number of piperidine rings is 1. The van der Waals surface area contributed by atoms with Gasteiger partial charge in [0.15, 0.2) is 0 Å². The quantitative estimate of drug-likeness (QED) is 0.748. The zero-order chi connectivity index (χ0) is 17.3. The molecular formula is C16H27N3O4. The highest BCUT2D eigenvalue weighted by Gasteiger charge is 2.52. The van der Waals surface area contributed by atoms with Crippen LogP contribution >= 0.6 is 0 Å². The Kier molecular flexibility index (Phi) is 4.98. The number of hydrogen-bond donors (Lipinski definition) is 2. The number of aliphatic hydroxyl groups excluding tert-OH is 1. The maximum absolute atomic E-state index is 12.1. The maximum atomic E-state index is 12.1. The van der Waals surface area contributed by atoms with E-state index < -0.39 is 5.54 Å². The number of hydrogen-bond acceptors (Lipinski definition) is 4. The van der Waals surface area contributed by atoms with Gasteiger partial charge in [0.25, 0.3) is 0 Å². The molecular weight excluding hydrogens is 298 g/mol. The number of rotatable bonds is 3. The van der Waals surface area contributed by atoms with Crippen molar-refractivity contribution in [3.63, 3.8) is 0 Å². The second kappa shape index (κ2) is 6.47. The van der Waals surface area contributed by atoms with E-state index in [0.29, 0.717) is 19.6 Å². The van der Waals surface area contributed by atoms with Crippen molar-refractivity contribution in [2.24, 2.45) is 5.41 Å². The predicted octanol–water partition coefficient (Wildman–Crippen LogP) is -0.265. The van der Waals surface area contributed by atoms with Crippen LogP contribution in [0.2, 0.25) is 0 Å². The Hall–Kier alpha value is -1.63. The second-order valence-corrected chi connectivity index (χ2v) is 7.23. The molecule has 3 amide bonds. The molecule has 0 aliphatic carbocycles. The van der Waals surface area contributed by atoms with E-state index >= 15 is 0 Å².